The Labute approximate surface area is 151 Å². The van der Waals surface area contributed by atoms with Crippen molar-refractivity contribution in [3.05, 3.63) is 77.1 Å². The van der Waals surface area contributed by atoms with Crippen molar-refractivity contribution in [3.8, 4) is 0 Å². The molecule has 0 unspecified atom stereocenters. The smallest absolute Gasteiger partial charge is 0.247 e. The number of aromatic nitrogens is 4. The number of likely N-dealkylation sites (N-methyl/N-ethyl adjacent to an activating group) is 1. The van der Waals surface area contributed by atoms with Gasteiger partial charge in [0.05, 0.1) is 0 Å². The van der Waals surface area contributed by atoms with Crippen molar-refractivity contribution in [1.29, 1.82) is 0 Å². The highest BCUT2D eigenvalue weighted by atomic mass is 35.5. The van der Waals surface area contributed by atoms with E-state index in [0.717, 1.165) is 11.1 Å². The number of hydrogen-bond donors (Lipinski definition) is 0. The molecule has 0 saturated carbocycles. The molecule has 128 valence electrons. The third kappa shape index (κ3) is 4.42. The summed E-state index contributed by atoms with van der Waals surface area (Å²) in [6.07, 6.45) is 1.99. The molecule has 0 fully saturated rings. The third-order valence-corrected chi connectivity index (χ3v) is 4.16. The molecule has 0 spiro atoms. The van der Waals surface area contributed by atoms with Crippen molar-refractivity contribution in [2.24, 2.45) is 0 Å². The molecule has 0 aliphatic heterocycles. The molecule has 3 aromatic rings. The minimum atomic E-state index is -0.499. The molecule has 0 N–H and O–H groups in total. The van der Waals surface area contributed by atoms with Gasteiger partial charge in [0.2, 0.25) is 5.91 Å². The molecule has 7 heteroatoms. The zero-order chi connectivity index (χ0) is 17.6. The molecule has 1 aromatic heterocycles. The summed E-state index contributed by atoms with van der Waals surface area (Å²) in [5.41, 5.74) is 2.02. The van der Waals surface area contributed by atoms with E-state index < -0.39 is 6.04 Å². The Hall–Kier alpha value is -2.73. The molecular weight excluding hydrogens is 338 g/mol. The van der Waals surface area contributed by atoms with Gasteiger partial charge in [0.1, 0.15) is 12.4 Å². The lowest BCUT2D eigenvalue weighted by Crippen LogP contribution is -2.35. The molecule has 2 aromatic carbocycles. The number of benzene rings is 2. The summed E-state index contributed by atoms with van der Waals surface area (Å²) in [6.45, 7) is 0.465. The minimum Gasteiger partial charge on any atom is -0.340 e. The van der Waals surface area contributed by atoms with Gasteiger partial charge in [-0.3, -0.25) is 4.79 Å². The van der Waals surface area contributed by atoms with Crippen LogP contribution >= 0.6 is 11.6 Å². The molecule has 3 rings (SSSR count). The summed E-state index contributed by atoms with van der Waals surface area (Å²) in [5.74, 6) is -0.0591. The molecule has 0 aliphatic carbocycles. The van der Waals surface area contributed by atoms with Gasteiger partial charge >= 0.3 is 0 Å². The van der Waals surface area contributed by atoms with Crippen molar-refractivity contribution in [2.45, 2.75) is 19.0 Å². The Kier molecular flexibility index (Phi) is 5.40. The van der Waals surface area contributed by atoms with Crippen LogP contribution in [0.15, 0.2) is 60.9 Å². The first-order valence-electron chi connectivity index (χ1n) is 7.89. The molecule has 0 bridgehead atoms. The molecule has 1 atom stereocenters. The van der Waals surface area contributed by atoms with Crippen LogP contribution in [0.5, 0.6) is 0 Å². The minimum absolute atomic E-state index is 0.0591. The van der Waals surface area contributed by atoms with E-state index in [1.807, 2.05) is 54.6 Å². The van der Waals surface area contributed by atoms with Gasteiger partial charge in [-0.05, 0) is 33.7 Å². The summed E-state index contributed by atoms with van der Waals surface area (Å²) in [5, 5.41) is 11.9. The Bertz CT molecular complexity index is 823. The first kappa shape index (κ1) is 17.1. The number of halogens is 1. The zero-order valence-corrected chi connectivity index (χ0v) is 14.5. The quantitative estimate of drug-likeness (QED) is 0.682. The number of hydrogen-bond acceptors (Lipinski definition) is 4. The van der Waals surface area contributed by atoms with Crippen molar-refractivity contribution in [3.63, 3.8) is 0 Å². The van der Waals surface area contributed by atoms with Crippen LogP contribution in [0.3, 0.4) is 0 Å². The number of nitrogens with zero attached hydrogens (tertiary/aromatic N) is 5. The van der Waals surface area contributed by atoms with E-state index in [2.05, 4.69) is 15.5 Å². The highest BCUT2D eigenvalue weighted by Gasteiger charge is 2.25. The lowest BCUT2D eigenvalue weighted by Gasteiger charge is -2.23. The maximum absolute atomic E-state index is 13.0. The normalized spacial score (nSPS) is 11.9. The summed E-state index contributed by atoms with van der Waals surface area (Å²) in [6, 6.07) is 16.8. The van der Waals surface area contributed by atoms with Gasteiger partial charge in [-0.15, -0.1) is 5.10 Å². The second-order valence-corrected chi connectivity index (χ2v) is 6.26. The van der Waals surface area contributed by atoms with Gasteiger partial charge in [-0.2, -0.15) is 0 Å². The van der Waals surface area contributed by atoms with Crippen molar-refractivity contribution in [2.75, 3.05) is 7.05 Å². The standard InChI is InChI=1S/C18H18ClN5O/c1-23(12-15-8-5-9-16(19)10-15)18(25)17(24-13-20-21-22-24)11-14-6-3-2-4-7-14/h2-10,13,17H,11-12H2,1H3/t17-/m0/s1. The fourth-order valence-corrected chi connectivity index (χ4v) is 2.90. The van der Waals surface area contributed by atoms with E-state index in [1.165, 1.54) is 11.0 Å². The SMILES string of the molecule is CN(Cc1cccc(Cl)c1)C(=O)[C@H](Cc1ccccc1)n1cnnn1. The Balaban J connectivity index is 1.79. The van der Waals surface area contributed by atoms with Gasteiger partial charge in [-0.1, -0.05) is 54.1 Å². The number of rotatable bonds is 6. The van der Waals surface area contributed by atoms with E-state index in [0.29, 0.717) is 18.0 Å². The van der Waals surface area contributed by atoms with Gasteiger partial charge in [-0.25, -0.2) is 4.68 Å². The summed E-state index contributed by atoms with van der Waals surface area (Å²) in [7, 11) is 1.77. The predicted molar refractivity (Wildman–Crippen MR) is 94.9 cm³/mol. The van der Waals surface area contributed by atoms with Crippen LogP contribution in [0.25, 0.3) is 0 Å². The summed E-state index contributed by atoms with van der Waals surface area (Å²) >= 11 is 6.02. The van der Waals surface area contributed by atoms with E-state index in [-0.39, 0.29) is 5.91 Å². The molecule has 1 heterocycles. The lowest BCUT2D eigenvalue weighted by atomic mass is 10.0. The third-order valence-electron chi connectivity index (χ3n) is 3.93. The molecule has 6 nitrogen and oxygen atoms in total. The average molecular weight is 356 g/mol. The number of carbonyl (C=O) groups excluding carboxylic acids is 1. The van der Waals surface area contributed by atoms with Crippen LogP contribution in [0, 0.1) is 0 Å². The molecular formula is C18H18ClN5O. The topological polar surface area (TPSA) is 63.9 Å². The first-order valence-corrected chi connectivity index (χ1v) is 8.27. The number of carbonyl (C=O) groups is 1. The van der Waals surface area contributed by atoms with Gasteiger partial charge in [0.25, 0.3) is 0 Å². The summed E-state index contributed by atoms with van der Waals surface area (Å²) in [4.78, 5) is 14.7. The van der Waals surface area contributed by atoms with Crippen LogP contribution in [0.1, 0.15) is 17.2 Å². The Morgan fingerprint density at radius 2 is 1.92 bits per heavy atom. The van der Waals surface area contributed by atoms with Crippen LogP contribution in [-0.4, -0.2) is 38.1 Å². The average Bonchev–Trinajstić information content (AvgIpc) is 3.14. The molecule has 0 radical (unpaired) electrons. The highest BCUT2D eigenvalue weighted by molar-refractivity contribution is 6.30. The highest BCUT2D eigenvalue weighted by Crippen LogP contribution is 2.18. The van der Waals surface area contributed by atoms with Crippen LogP contribution < -0.4 is 0 Å². The maximum atomic E-state index is 13.0. The van der Waals surface area contributed by atoms with E-state index in [1.54, 1.807) is 11.9 Å². The first-order chi connectivity index (χ1) is 12.1. The number of amides is 1. The second kappa shape index (κ2) is 7.90. The van der Waals surface area contributed by atoms with Crippen LogP contribution in [0.4, 0.5) is 0 Å². The largest absolute Gasteiger partial charge is 0.340 e. The van der Waals surface area contributed by atoms with Crippen molar-refractivity contribution >= 4 is 17.5 Å². The molecule has 25 heavy (non-hydrogen) atoms. The van der Waals surface area contributed by atoms with Gasteiger partial charge in [0.15, 0.2) is 0 Å². The number of tetrazole rings is 1. The second-order valence-electron chi connectivity index (χ2n) is 5.82. The van der Waals surface area contributed by atoms with Crippen LogP contribution in [0.2, 0.25) is 5.02 Å². The Morgan fingerprint density at radius 1 is 1.16 bits per heavy atom. The molecule has 0 saturated heterocycles. The maximum Gasteiger partial charge on any atom is 0.247 e. The van der Waals surface area contributed by atoms with E-state index >= 15 is 0 Å². The Morgan fingerprint density at radius 3 is 2.60 bits per heavy atom. The fraction of sp³-hybridized carbons (Fsp3) is 0.222. The van der Waals surface area contributed by atoms with Gasteiger partial charge in [0, 0.05) is 25.0 Å². The molecule has 0 aliphatic rings. The lowest BCUT2D eigenvalue weighted by molar-refractivity contribution is -0.134. The molecule has 1 amide bonds. The van der Waals surface area contributed by atoms with Crippen molar-refractivity contribution in [1.82, 2.24) is 25.1 Å². The van der Waals surface area contributed by atoms with Crippen molar-refractivity contribution < 1.29 is 4.79 Å². The van der Waals surface area contributed by atoms with E-state index in [4.69, 9.17) is 11.6 Å². The monoisotopic (exact) mass is 355 g/mol. The predicted octanol–water partition coefficient (Wildman–Crippen LogP) is 2.77. The van der Waals surface area contributed by atoms with Gasteiger partial charge < -0.3 is 4.90 Å². The summed E-state index contributed by atoms with van der Waals surface area (Å²) < 4.78 is 1.50. The fourth-order valence-electron chi connectivity index (χ4n) is 2.68. The zero-order valence-electron chi connectivity index (χ0n) is 13.8. The van der Waals surface area contributed by atoms with Crippen LogP contribution in [-0.2, 0) is 17.8 Å². The van der Waals surface area contributed by atoms with E-state index in [9.17, 15) is 4.79 Å².